The topological polar surface area (TPSA) is 35.8 Å². The Kier molecular flexibility index (Phi) is 3.42. The smallest absolute Gasteiger partial charge is 0.0700 e. The standard InChI is InChI=1S/C14H17ClN2/c1-14(2,9-16)13-7-6-12(17-13)10-4-3-5-11(15)8-10/h3-5,8,12-13,17H,6-7H2,1-2H3/t12-,13?/m0/s1. The van der Waals surface area contributed by atoms with Gasteiger partial charge in [-0.05, 0) is 44.4 Å². The molecule has 1 aromatic carbocycles. The van der Waals surface area contributed by atoms with E-state index in [4.69, 9.17) is 16.9 Å². The van der Waals surface area contributed by atoms with Gasteiger partial charge in [-0.1, -0.05) is 23.7 Å². The van der Waals surface area contributed by atoms with Crippen molar-refractivity contribution < 1.29 is 0 Å². The fourth-order valence-corrected chi connectivity index (χ4v) is 2.57. The first-order valence-electron chi connectivity index (χ1n) is 5.96. The predicted octanol–water partition coefficient (Wildman–Crippen LogP) is 3.68. The van der Waals surface area contributed by atoms with Gasteiger partial charge in [0.2, 0.25) is 0 Å². The zero-order valence-corrected chi connectivity index (χ0v) is 11.0. The zero-order chi connectivity index (χ0) is 12.5. The fourth-order valence-electron chi connectivity index (χ4n) is 2.38. The monoisotopic (exact) mass is 248 g/mol. The van der Waals surface area contributed by atoms with Crippen molar-refractivity contribution in [3.8, 4) is 6.07 Å². The third kappa shape index (κ3) is 2.62. The van der Waals surface area contributed by atoms with E-state index < -0.39 is 0 Å². The lowest BCUT2D eigenvalue weighted by atomic mass is 9.85. The van der Waals surface area contributed by atoms with E-state index in [1.54, 1.807) is 0 Å². The van der Waals surface area contributed by atoms with Gasteiger partial charge in [0.15, 0.2) is 0 Å². The van der Waals surface area contributed by atoms with Crippen LogP contribution in [-0.2, 0) is 0 Å². The van der Waals surface area contributed by atoms with Crippen molar-refractivity contribution in [2.75, 3.05) is 0 Å². The fraction of sp³-hybridized carbons (Fsp3) is 0.500. The Labute approximate surface area is 108 Å². The molecule has 90 valence electrons. The maximum Gasteiger partial charge on any atom is 0.0700 e. The third-order valence-corrected chi connectivity index (χ3v) is 3.79. The minimum atomic E-state index is -0.312. The van der Waals surface area contributed by atoms with Crippen molar-refractivity contribution in [2.45, 2.75) is 38.8 Å². The summed E-state index contributed by atoms with van der Waals surface area (Å²) in [5.74, 6) is 0. The Balaban J connectivity index is 2.11. The van der Waals surface area contributed by atoms with Crippen LogP contribution >= 0.6 is 11.6 Å². The van der Waals surface area contributed by atoms with Crippen molar-refractivity contribution in [1.29, 1.82) is 5.26 Å². The summed E-state index contributed by atoms with van der Waals surface area (Å²) in [4.78, 5) is 0. The maximum atomic E-state index is 9.14. The molecule has 17 heavy (non-hydrogen) atoms. The normalized spacial score (nSPS) is 24.6. The molecular formula is C14H17ClN2. The largest absolute Gasteiger partial charge is 0.306 e. The van der Waals surface area contributed by atoms with Gasteiger partial charge in [0.25, 0.3) is 0 Å². The van der Waals surface area contributed by atoms with Crippen LogP contribution < -0.4 is 5.32 Å². The molecule has 0 aliphatic carbocycles. The second-order valence-electron chi connectivity index (χ2n) is 5.24. The van der Waals surface area contributed by atoms with Gasteiger partial charge in [-0.15, -0.1) is 0 Å². The van der Waals surface area contributed by atoms with Crippen LogP contribution in [0.5, 0.6) is 0 Å². The number of nitrogens with zero attached hydrogens (tertiary/aromatic N) is 1. The highest BCUT2D eigenvalue weighted by atomic mass is 35.5. The first-order chi connectivity index (χ1) is 8.03. The molecule has 0 amide bonds. The Morgan fingerprint density at radius 2 is 2.18 bits per heavy atom. The minimum absolute atomic E-state index is 0.261. The molecule has 1 saturated heterocycles. The maximum absolute atomic E-state index is 9.14. The van der Waals surface area contributed by atoms with Gasteiger partial charge >= 0.3 is 0 Å². The van der Waals surface area contributed by atoms with Gasteiger partial charge in [0.05, 0.1) is 11.5 Å². The zero-order valence-electron chi connectivity index (χ0n) is 10.2. The van der Waals surface area contributed by atoms with Crippen LogP contribution in [0.3, 0.4) is 0 Å². The van der Waals surface area contributed by atoms with Gasteiger partial charge in [-0.2, -0.15) is 5.26 Å². The summed E-state index contributed by atoms with van der Waals surface area (Å²) in [5, 5.41) is 13.5. The Hall–Kier alpha value is -1.04. The molecular weight excluding hydrogens is 232 g/mol. The van der Waals surface area contributed by atoms with Gasteiger partial charge in [-0.25, -0.2) is 0 Å². The van der Waals surface area contributed by atoms with Crippen LogP contribution in [0.2, 0.25) is 5.02 Å². The molecule has 1 fully saturated rings. The molecule has 0 saturated carbocycles. The lowest BCUT2D eigenvalue weighted by Crippen LogP contribution is -2.37. The third-order valence-electron chi connectivity index (χ3n) is 3.56. The summed E-state index contributed by atoms with van der Waals surface area (Å²) in [6.07, 6.45) is 2.11. The van der Waals surface area contributed by atoms with E-state index in [9.17, 15) is 0 Å². The summed E-state index contributed by atoms with van der Waals surface area (Å²) in [5.41, 5.74) is 0.904. The highest BCUT2D eigenvalue weighted by molar-refractivity contribution is 6.30. The van der Waals surface area contributed by atoms with Crippen LogP contribution in [0.4, 0.5) is 0 Å². The average molecular weight is 249 g/mol. The quantitative estimate of drug-likeness (QED) is 0.867. The molecule has 2 nitrogen and oxygen atoms in total. The Morgan fingerprint density at radius 3 is 2.82 bits per heavy atom. The number of halogens is 1. The summed E-state index contributed by atoms with van der Waals surface area (Å²) < 4.78 is 0. The molecule has 0 bridgehead atoms. The Morgan fingerprint density at radius 1 is 1.41 bits per heavy atom. The second kappa shape index (κ2) is 4.68. The summed E-state index contributed by atoms with van der Waals surface area (Å²) in [7, 11) is 0. The number of hydrogen-bond donors (Lipinski definition) is 1. The minimum Gasteiger partial charge on any atom is -0.306 e. The van der Waals surface area contributed by atoms with Crippen molar-refractivity contribution >= 4 is 11.6 Å². The predicted molar refractivity (Wildman–Crippen MR) is 69.7 cm³/mol. The molecule has 1 N–H and O–H groups in total. The molecule has 1 aliphatic rings. The van der Waals surface area contributed by atoms with Crippen molar-refractivity contribution in [2.24, 2.45) is 5.41 Å². The lowest BCUT2D eigenvalue weighted by molar-refractivity contribution is 0.341. The average Bonchev–Trinajstić information content (AvgIpc) is 2.79. The number of rotatable bonds is 2. The number of nitrogens with one attached hydrogen (secondary N) is 1. The van der Waals surface area contributed by atoms with E-state index in [0.717, 1.165) is 17.9 Å². The van der Waals surface area contributed by atoms with E-state index in [1.807, 2.05) is 32.0 Å². The van der Waals surface area contributed by atoms with Crippen molar-refractivity contribution in [3.05, 3.63) is 34.9 Å². The van der Waals surface area contributed by atoms with E-state index in [0.29, 0.717) is 6.04 Å². The van der Waals surface area contributed by atoms with E-state index in [1.165, 1.54) is 5.56 Å². The van der Waals surface area contributed by atoms with Crippen LogP contribution in [0.25, 0.3) is 0 Å². The highest BCUT2D eigenvalue weighted by Gasteiger charge is 2.36. The molecule has 0 spiro atoms. The number of hydrogen-bond acceptors (Lipinski definition) is 2. The molecule has 2 atom stereocenters. The molecule has 1 aromatic rings. The first kappa shape index (κ1) is 12.4. The van der Waals surface area contributed by atoms with Gasteiger partial charge in [0.1, 0.15) is 0 Å². The SMILES string of the molecule is CC(C)(C#N)C1CC[C@@H](c2cccc(Cl)c2)N1. The Bertz CT molecular complexity index is 448. The van der Waals surface area contributed by atoms with E-state index in [-0.39, 0.29) is 11.5 Å². The van der Waals surface area contributed by atoms with Crippen LogP contribution in [0.15, 0.2) is 24.3 Å². The van der Waals surface area contributed by atoms with Crippen LogP contribution in [0, 0.1) is 16.7 Å². The summed E-state index contributed by atoms with van der Waals surface area (Å²) in [6, 6.07) is 10.9. The van der Waals surface area contributed by atoms with Gasteiger partial charge in [-0.3, -0.25) is 0 Å². The highest BCUT2D eigenvalue weighted by Crippen LogP contribution is 2.35. The van der Waals surface area contributed by atoms with Gasteiger partial charge < -0.3 is 5.32 Å². The molecule has 0 aromatic heterocycles. The van der Waals surface area contributed by atoms with Crippen molar-refractivity contribution in [1.82, 2.24) is 5.32 Å². The summed E-state index contributed by atoms with van der Waals surface area (Å²) in [6.45, 7) is 3.98. The molecule has 0 radical (unpaired) electrons. The van der Waals surface area contributed by atoms with Crippen LogP contribution in [0.1, 0.15) is 38.3 Å². The lowest BCUT2D eigenvalue weighted by Gasteiger charge is -2.25. The number of nitriles is 1. The van der Waals surface area contributed by atoms with Gasteiger partial charge in [0, 0.05) is 17.1 Å². The van der Waals surface area contributed by atoms with E-state index in [2.05, 4.69) is 17.5 Å². The second-order valence-corrected chi connectivity index (χ2v) is 5.67. The van der Waals surface area contributed by atoms with Crippen molar-refractivity contribution in [3.63, 3.8) is 0 Å². The van der Waals surface area contributed by atoms with E-state index >= 15 is 0 Å². The molecule has 1 heterocycles. The molecule has 2 rings (SSSR count). The molecule has 1 aliphatic heterocycles. The molecule has 3 heteroatoms. The molecule has 1 unspecified atom stereocenters. The number of benzene rings is 1. The van der Waals surface area contributed by atoms with Crippen LogP contribution in [-0.4, -0.2) is 6.04 Å². The first-order valence-corrected chi connectivity index (χ1v) is 6.33. The summed E-state index contributed by atoms with van der Waals surface area (Å²) >= 11 is 6.00.